The summed E-state index contributed by atoms with van der Waals surface area (Å²) in [5, 5.41) is 32.5. The highest BCUT2D eigenvalue weighted by Crippen LogP contribution is 1.92. The van der Waals surface area contributed by atoms with Crippen LogP contribution in [0.4, 0.5) is 0 Å². The summed E-state index contributed by atoms with van der Waals surface area (Å²) >= 11 is 0. The zero-order valence-electron chi connectivity index (χ0n) is 10.5. The van der Waals surface area contributed by atoms with Gasteiger partial charge in [-0.25, -0.2) is 19.2 Å². The van der Waals surface area contributed by atoms with Crippen LogP contribution in [0.15, 0.2) is 14.4 Å². The molecule has 0 spiro atoms. The summed E-state index contributed by atoms with van der Waals surface area (Å²) in [6.45, 7) is 0. The average molecular weight is 318 g/mol. The number of carbonyl (C=O) groups is 2. The van der Waals surface area contributed by atoms with E-state index in [2.05, 4.69) is 15.0 Å². The maximum atomic E-state index is 10.9. The number of aliphatic hydroxyl groups is 2. The molecule has 8 N–H and O–H groups in total. The van der Waals surface area contributed by atoms with Crippen molar-refractivity contribution in [3.8, 4) is 0 Å². The second-order valence-corrected chi connectivity index (χ2v) is 3.80. The lowest BCUT2D eigenvalue weighted by Gasteiger charge is -2.07. The topological polar surface area (TPSA) is 229 Å². The Hall–Kier alpha value is -3.19. The highest BCUT2D eigenvalue weighted by Gasteiger charge is 2.29. The van der Waals surface area contributed by atoms with E-state index in [1.807, 2.05) is 4.98 Å². The Balaban J connectivity index is 0.000000225. The molecule has 0 aliphatic carbocycles. The number of aromatic amines is 4. The summed E-state index contributed by atoms with van der Waals surface area (Å²) in [5.41, 5.74) is -1.65. The van der Waals surface area contributed by atoms with Crippen molar-refractivity contribution in [3.05, 3.63) is 31.3 Å². The molecule has 2 heterocycles. The number of hydrogen-bond acceptors (Lipinski definition) is 7. The molecule has 120 valence electrons. The highest BCUT2D eigenvalue weighted by molar-refractivity contribution is 5.83. The SMILES string of the molecule is O=C(O)C(O)C(O)C(=O)O.O=c1[nH]c(=O)c2[nH]c(=O)[nH]c2[nH]1. The lowest BCUT2D eigenvalue weighted by atomic mass is 10.2. The molecule has 13 nitrogen and oxygen atoms in total. The first-order chi connectivity index (χ1) is 10.1. The van der Waals surface area contributed by atoms with Gasteiger partial charge in [-0.15, -0.1) is 0 Å². The van der Waals surface area contributed by atoms with Crippen molar-refractivity contribution in [2.45, 2.75) is 12.2 Å². The molecule has 0 aliphatic rings. The number of hydrogen-bond donors (Lipinski definition) is 8. The summed E-state index contributed by atoms with van der Waals surface area (Å²) < 4.78 is 0. The number of aliphatic carboxylic acids is 2. The molecule has 2 aromatic heterocycles. The number of aromatic nitrogens is 4. The maximum absolute atomic E-state index is 10.9. The third kappa shape index (κ3) is 3.90. The molecule has 2 unspecified atom stereocenters. The lowest BCUT2D eigenvalue weighted by Crippen LogP contribution is -2.39. The molecule has 2 rings (SSSR count). The van der Waals surface area contributed by atoms with Crippen LogP contribution in [0.3, 0.4) is 0 Å². The molecular formula is C9H10N4O9. The van der Waals surface area contributed by atoms with Crippen molar-refractivity contribution >= 4 is 23.1 Å². The van der Waals surface area contributed by atoms with E-state index < -0.39 is 41.1 Å². The van der Waals surface area contributed by atoms with Crippen molar-refractivity contribution in [2.24, 2.45) is 0 Å². The molecule has 22 heavy (non-hydrogen) atoms. The van der Waals surface area contributed by atoms with Crippen LogP contribution in [0.2, 0.25) is 0 Å². The Morgan fingerprint density at radius 3 is 1.59 bits per heavy atom. The van der Waals surface area contributed by atoms with Gasteiger partial charge >= 0.3 is 23.3 Å². The van der Waals surface area contributed by atoms with Crippen LogP contribution in [0.25, 0.3) is 11.2 Å². The minimum Gasteiger partial charge on any atom is -0.479 e. The maximum Gasteiger partial charge on any atom is 0.335 e. The standard InChI is InChI=1S/C5H4N4O3.C4H6O6/c10-3-1-2(7-4(11)6-1)8-5(12)9-3;5-1(3(7)8)2(6)4(9)10/h(H4,6,7,8,9,10,11,12);1-2,5-6H,(H,7,8)(H,9,10). The molecular weight excluding hydrogens is 308 g/mol. The Labute approximate surface area is 117 Å². The predicted octanol–water partition coefficient (Wildman–Crippen LogP) is -3.89. The molecule has 0 saturated carbocycles. The number of rotatable bonds is 3. The van der Waals surface area contributed by atoms with Crippen molar-refractivity contribution in [1.82, 2.24) is 19.9 Å². The fourth-order valence-electron chi connectivity index (χ4n) is 1.23. The molecule has 2 aromatic rings. The van der Waals surface area contributed by atoms with Gasteiger partial charge in [0.25, 0.3) is 5.56 Å². The molecule has 0 aromatic carbocycles. The summed E-state index contributed by atoms with van der Waals surface area (Å²) in [5.74, 6) is -3.54. The van der Waals surface area contributed by atoms with Crippen LogP contribution in [0.5, 0.6) is 0 Å². The number of H-pyrrole nitrogens is 4. The zero-order valence-corrected chi connectivity index (χ0v) is 10.5. The van der Waals surface area contributed by atoms with E-state index in [1.165, 1.54) is 0 Å². The van der Waals surface area contributed by atoms with Crippen LogP contribution in [0.1, 0.15) is 0 Å². The predicted molar refractivity (Wildman–Crippen MR) is 67.4 cm³/mol. The molecule has 0 aliphatic heterocycles. The van der Waals surface area contributed by atoms with E-state index in [-0.39, 0.29) is 11.2 Å². The number of carboxylic acid groups (broad SMARTS) is 2. The first-order valence-electron chi connectivity index (χ1n) is 5.39. The van der Waals surface area contributed by atoms with Gasteiger partial charge in [-0.2, -0.15) is 0 Å². The van der Waals surface area contributed by atoms with Gasteiger partial charge in [0.15, 0.2) is 12.2 Å². The molecule has 0 saturated heterocycles. The Bertz CT molecular complexity index is 838. The van der Waals surface area contributed by atoms with Crippen LogP contribution >= 0.6 is 0 Å². The average Bonchev–Trinajstić information content (AvgIpc) is 2.78. The van der Waals surface area contributed by atoms with Gasteiger partial charge in [-0.3, -0.25) is 24.7 Å². The molecule has 0 bridgehead atoms. The van der Waals surface area contributed by atoms with Gasteiger partial charge in [-0.1, -0.05) is 0 Å². The minimum absolute atomic E-state index is 0.0413. The lowest BCUT2D eigenvalue weighted by molar-refractivity contribution is -0.165. The monoisotopic (exact) mass is 318 g/mol. The second-order valence-electron chi connectivity index (χ2n) is 3.80. The van der Waals surface area contributed by atoms with Crippen molar-refractivity contribution in [3.63, 3.8) is 0 Å². The van der Waals surface area contributed by atoms with E-state index in [9.17, 15) is 24.0 Å². The van der Waals surface area contributed by atoms with Gasteiger partial charge in [0.2, 0.25) is 0 Å². The number of aliphatic hydroxyl groups excluding tert-OH is 2. The molecule has 0 amide bonds. The van der Waals surface area contributed by atoms with Gasteiger partial charge in [0.05, 0.1) is 0 Å². The van der Waals surface area contributed by atoms with E-state index in [0.717, 1.165) is 0 Å². The van der Waals surface area contributed by atoms with E-state index in [1.54, 1.807) is 0 Å². The largest absolute Gasteiger partial charge is 0.479 e. The fraction of sp³-hybridized carbons (Fsp3) is 0.222. The fourth-order valence-corrected chi connectivity index (χ4v) is 1.23. The first-order valence-corrected chi connectivity index (χ1v) is 5.39. The number of nitrogens with one attached hydrogen (secondary N) is 4. The van der Waals surface area contributed by atoms with E-state index in [4.69, 9.17) is 20.4 Å². The van der Waals surface area contributed by atoms with E-state index in [0.29, 0.717) is 0 Å². The third-order valence-corrected chi connectivity index (χ3v) is 2.22. The Morgan fingerprint density at radius 1 is 0.773 bits per heavy atom. The zero-order chi connectivity index (χ0) is 17.0. The molecule has 13 heteroatoms. The van der Waals surface area contributed by atoms with E-state index >= 15 is 0 Å². The quantitative estimate of drug-likeness (QED) is 0.276. The van der Waals surface area contributed by atoms with Crippen LogP contribution in [0, 0.1) is 0 Å². The summed E-state index contributed by atoms with van der Waals surface area (Å²) in [4.78, 5) is 60.5. The summed E-state index contributed by atoms with van der Waals surface area (Å²) in [6, 6.07) is 0. The van der Waals surface area contributed by atoms with Crippen LogP contribution < -0.4 is 16.9 Å². The third-order valence-electron chi connectivity index (χ3n) is 2.22. The first kappa shape index (κ1) is 16.9. The Morgan fingerprint density at radius 2 is 1.18 bits per heavy atom. The van der Waals surface area contributed by atoms with Gasteiger partial charge in [0.1, 0.15) is 11.2 Å². The molecule has 0 fully saturated rings. The molecule has 2 atom stereocenters. The normalized spacial score (nSPS) is 13.0. The number of fused-ring (bicyclic) bond motifs is 1. The van der Waals surface area contributed by atoms with Crippen LogP contribution in [-0.4, -0.2) is 64.5 Å². The Kier molecular flexibility index (Phi) is 4.99. The highest BCUT2D eigenvalue weighted by atomic mass is 16.4. The minimum atomic E-state index is -2.27. The second kappa shape index (κ2) is 6.51. The van der Waals surface area contributed by atoms with Crippen molar-refractivity contribution in [2.75, 3.05) is 0 Å². The molecule has 0 radical (unpaired) electrons. The van der Waals surface area contributed by atoms with Gasteiger partial charge in [0, 0.05) is 0 Å². The number of carboxylic acids is 2. The summed E-state index contributed by atoms with van der Waals surface area (Å²) in [7, 11) is 0. The van der Waals surface area contributed by atoms with Crippen molar-refractivity contribution in [1.29, 1.82) is 0 Å². The smallest absolute Gasteiger partial charge is 0.335 e. The summed E-state index contributed by atoms with van der Waals surface area (Å²) in [6.07, 6.45) is -4.53. The van der Waals surface area contributed by atoms with Crippen molar-refractivity contribution < 1.29 is 30.0 Å². The van der Waals surface area contributed by atoms with Gasteiger partial charge < -0.3 is 20.4 Å². The van der Waals surface area contributed by atoms with Crippen LogP contribution in [-0.2, 0) is 9.59 Å². The van der Waals surface area contributed by atoms with Gasteiger partial charge in [-0.05, 0) is 0 Å². The number of imidazole rings is 1.